The van der Waals surface area contributed by atoms with Crippen molar-refractivity contribution in [3.63, 3.8) is 0 Å². The molecule has 1 aliphatic rings. The van der Waals surface area contributed by atoms with Crippen molar-refractivity contribution in [1.82, 2.24) is 24.3 Å². The number of nitrogens with one attached hydrogen (secondary N) is 1. The molecule has 0 saturated carbocycles. The van der Waals surface area contributed by atoms with Crippen molar-refractivity contribution in [3.05, 3.63) is 21.9 Å². The van der Waals surface area contributed by atoms with Crippen LogP contribution in [-0.4, -0.2) is 25.8 Å². The molecule has 1 atom stereocenters. The molecule has 0 aromatic carbocycles. The predicted octanol–water partition coefficient (Wildman–Crippen LogP) is 0.870. The van der Waals surface area contributed by atoms with E-state index in [0.717, 1.165) is 5.01 Å². The summed E-state index contributed by atoms with van der Waals surface area (Å²) in [6, 6.07) is 0. The molecular weight excluding hydrogens is 252 g/mol. The monoisotopic (exact) mass is 256 g/mol. The second-order valence-electron chi connectivity index (χ2n) is 2.73. The van der Waals surface area contributed by atoms with E-state index in [2.05, 4.69) is 28.7 Å². The van der Waals surface area contributed by atoms with Crippen molar-refractivity contribution in [2.24, 2.45) is 4.40 Å². The molecule has 0 aliphatic carbocycles. The summed E-state index contributed by atoms with van der Waals surface area (Å²) in [6.45, 7) is 0. The SMILES string of the molecule is C1=NSNC1(c1ncsn1)c1nncs1. The average Bonchev–Trinajstić information content (AvgIpc) is 3.02. The van der Waals surface area contributed by atoms with Crippen molar-refractivity contribution in [3.8, 4) is 0 Å². The lowest BCUT2D eigenvalue weighted by molar-refractivity contribution is 0.641. The Morgan fingerprint density at radius 1 is 1.33 bits per heavy atom. The van der Waals surface area contributed by atoms with Gasteiger partial charge in [0.15, 0.2) is 16.4 Å². The zero-order valence-corrected chi connectivity index (χ0v) is 9.64. The fraction of sp³-hybridized carbons (Fsp3) is 0.167. The Morgan fingerprint density at radius 2 is 2.33 bits per heavy atom. The Morgan fingerprint density at radius 3 is 2.93 bits per heavy atom. The molecule has 0 radical (unpaired) electrons. The standard InChI is InChI=1S/C6H4N6S3/c1-6(12-15-9-1,4-7-2-14-11-4)5-10-8-3-13-5/h1-3,12H. The van der Waals surface area contributed by atoms with Gasteiger partial charge in [-0.3, -0.25) is 0 Å². The summed E-state index contributed by atoms with van der Waals surface area (Å²) in [5, 5.41) is 8.68. The normalized spacial score (nSPS) is 24.8. The van der Waals surface area contributed by atoms with Crippen LogP contribution in [0.25, 0.3) is 0 Å². The Kier molecular flexibility index (Phi) is 2.24. The van der Waals surface area contributed by atoms with Gasteiger partial charge in [0.2, 0.25) is 0 Å². The van der Waals surface area contributed by atoms with Gasteiger partial charge in [0.25, 0.3) is 0 Å². The maximum Gasteiger partial charge on any atom is 0.181 e. The van der Waals surface area contributed by atoms with Crippen LogP contribution in [0.5, 0.6) is 0 Å². The second kappa shape index (κ2) is 3.59. The molecule has 1 unspecified atom stereocenters. The molecule has 9 heteroatoms. The molecule has 15 heavy (non-hydrogen) atoms. The summed E-state index contributed by atoms with van der Waals surface area (Å²) in [7, 11) is 0. The third kappa shape index (κ3) is 1.39. The van der Waals surface area contributed by atoms with Gasteiger partial charge >= 0.3 is 0 Å². The summed E-state index contributed by atoms with van der Waals surface area (Å²) >= 11 is 4.02. The van der Waals surface area contributed by atoms with Gasteiger partial charge in [0.05, 0.1) is 18.3 Å². The van der Waals surface area contributed by atoms with Crippen LogP contribution in [0.3, 0.4) is 0 Å². The summed E-state index contributed by atoms with van der Waals surface area (Å²) in [5.74, 6) is 0.665. The van der Waals surface area contributed by atoms with Crippen molar-refractivity contribution >= 4 is 41.2 Å². The minimum Gasteiger partial charge on any atom is -0.225 e. The maximum absolute atomic E-state index is 4.23. The summed E-state index contributed by atoms with van der Waals surface area (Å²) in [5.41, 5.74) is 2.77. The van der Waals surface area contributed by atoms with Crippen LogP contribution in [0.4, 0.5) is 0 Å². The van der Waals surface area contributed by atoms with Crippen LogP contribution in [0.15, 0.2) is 15.4 Å². The predicted molar refractivity (Wildman–Crippen MR) is 59.8 cm³/mol. The molecule has 3 rings (SSSR count). The van der Waals surface area contributed by atoms with Gasteiger partial charge in [-0.1, -0.05) is 0 Å². The molecule has 0 spiro atoms. The van der Waals surface area contributed by atoms with E-state index in [-0.39, 0.29) is 0 Å². The fourth-order valence-corrected chi connectivity index (χ4v) is 3.08. The molecule has 0 bridgehead atoms. The highest BCUT2D eigenvalue weighted by atomic mass is 32.2. The molecule has 1 aliphatic heterocycles. The highest BCUT2D eigenvalue weighted by Crippen LogP contribution is 2.33. The zero-order valence-electron chi connectivity index (χ0n) is 7.19. The summed E-state index contributed by atoms with van der Waals surface area (Å²) in [4.78, 5) is 4.21. The van der Waals surface area contributed by atoms with Crippen molar-refractivity contribution in [2.75, 3.05) is 0 Å². The maximum atomic E-state index is 4.23. The Bertz CT molecular complexity index is 429. The van der Waals surface area contributed by atoms with Gasteiger partial charge in [-0.2, -0.15) is 4.37 Å². The molecule has 2 aromatic rings. The summed E-state index contributed by atoms with van der Waals surface area (Å²) < 4.78 is 11.5. The van der Waals surface area contributed by atoms with E-state index in [9.17, 15) is 0 Å². The quantitative estimate of drug-likeness (QED) is 0.804. The smallest absolute Gasteiger partial charge is 0.181 e. The van der Waals surface area contributed by atoms with Gasteiger partial charge in [-0.25, -0.2) is 14.1 Å². The Balaban J connectivity index is 2.15. The lowest BCUT2D eigenvalue weighted by atomic mass is 10.0. The average molecular weight is 256 g/mol. The molecule has 3 heterocycles. The fourth-order valence-electron chi connectivity index (χ4n) is 1.22. The highest BCUT2D eigenvalue weighted by molar-refractivity contribution is 7.96. The van der Waals surface area contributed by atoms with Crippen LogP contribution in [-0.2, 0) is 5.54 Å². The van der Waals surface area contributed by atoms with E-state index in [4.69, 9.17) is 0 Å². The van der Waals surface area contributed by atoms with E-state index >= 15 is 0 Å². The molecule has 2 aromatic heterocycles. The highest BCUT2D eigenvalue weighted by Gasteiger charge is 2.42. The first kappa shape index (κ1) is 9.33. The Labute approximate surface area is 97.3 Å². The minimum absolute atomic E-state index is 0.605. The lowest BCUT2D eigenvalue weighted by Gasteiger charge is -2.18. The largest absolute Gasteiger partial charge is 0.225 e. The first-order chi connectivity index (χ1) is 7.42. The van der Waals surface area contributed by atoms with Crippen LogP contribution >= 0.6 is 35.0 Å². The molecule has 1 N–H and O–H groups in total. The lowest BCUT2D eigenvalue weighted by Crippen LogP contribution is -2.39. The minimum atomic E-state index is -0.605. The topological polar surface area (TPSA) is 76.0 Å². The van der Waals surface area contributed by atoms with Gasteiger partial charge in [-0.15, -0.1) is 21.5 Å². The van der Waals surface area contributed by atoms with Crippen molar-refractivity contribution in [2.45, 2.75) is 5.54 Å². The van der Waals surface area contributed by atoms with Crippen molar-refractivity contribution in [1.29, 1.82) is 0 Å². The molecule has 0 amide bonds. The molecule has 0 saturated heterocycles. The number of nitrogens with zero attached hydrogens (tertiary/aromatic N) is 5. The summed E-state index contributed by atoms with van der Waals surface area (Å²) in [6.07, 6.45) is 1.76. The third-order valence-electron chi connectivity index (χ3n) is 1.92. The van der Waals surface area contributed by atoms with Gasteiger partial charge in [0, 0.05) is 0 Å². The molecular formula is C6H4N6S3. The first-order valence-electron chi connectivity index (χ1n) is 3.93. The second-order valence-corrected chi connectivity index (χ2v) is 4.77. The van der Waals surface area contributed by atoms with Crippen LogP contribution in [0.2, 0.25) is 0 Å². The Hall–Kier alpha value is -0.900. The van der Waals surface area contributed by atoms with Gasteiger partial charge < -0.3 is 0 Å². The third-order valence-corrected chi connectivity index (χ3v) is 3.85. The molecule has 76 valence electrons. The van der Waals surface area contributed by atoms with E-state index in [1.165, 1.54) is 35.0 Å². The van der Waals surface area contributed by atoms with E-state index in [0.29, 0.717) is 5.82 Å². The van der Waals surface area contributed by atoms with Crippen LogP contribution < -0.4 is 4.72 Å². The molecule has 6 nitrogen and oxygen atoms in total. The number of hydrogen-bond donors (Lipinski definition) is 1. The van der Waals surface area contributed by atoms with Crippen LogP contribution in [0, 0.1) is 0 Å². The van der Waals surface area contributed by atoms with E-state index in [1.807, 2.05) is 0 Å². The van der Waals surface area contributed by atoms with E-state index < -0.39 is 5.54 Å². The van der Waals surface area contributed by atoms with Gasteiger partial charge in [-0.05, 0) is 11.5 Å². The zero-order chi connectivity index (χ0) is 10.1. The van der Waals surface area contributed by atoms with E-state index in [1.54, 1.807) is 17.2 Å². The molecule has 0 fully saturated rings. The van der Waals surface area contributed by atoms with Crippen LogP contribution in [0.1, 0.15) is 10.8 Å². The number of rotatable bonds is 2. The number of hydrogen-bond acceptors (Lipinski definition) is 9. The number of aromatic nitrogens is 4. The van der Waals surface area contributed by atoms with Gasteiger partial charge in [0.1, 0.15) is 11.0 Å². The first-order valence-corrected chi connectivity index (χ1v) is 6.42. The van der Waals surface area contributed by atoms with Crippen molar-refractivity contribution < 1.29 is 0 Å².